The molecule has 0 saturated heterocycles. The van der Waals surface area contributed by atoms with E-state index < -0.39 is 5.82 Å². The average Bonchev–Trinajstić information content (AvgIpc) is 2.84. The predicted octanol–water partition coefficient (Wildman–Crippen LogP) is 1.92. The number of nitrogens with two attached hydrogens (primary N) is 1. The number of hydrogen-bond acceptors (Lipinski definition) is 3. The minimum absolute atomic E-state index is 0.0121. The van der Waals surface area contributed by atoms with Crippen LogP contribution in [0.2, 0.25) is 0 Å². The molecule has 0 aliphatic heterocycles. The maximum absolute atomic E-state index is 13.6. The van der Waals surface area contributed by atoms with Crippen LogP contribution in [0.4, 0.5) is 4.39 Å². The molecule has 2 N–H and O–H groups in total. The third-order valence-corrected chi connectivity index (χ3v) is 3.83. The molecule has 0 unspecified atom stereocenters. The number of carbonyl (C=O) groups excluding carboxylic acids is 1. The zero-order valence-electron chi connectivity index (χ0n) is 11.9. The topological polar surface area (TPSA) is 55.6 Å². The summed E-state index contributed by atoms with van der Waals surface area (Å²) in [4.78, 5) is 13.9. The second-order valence-corrected chi connectivity index (χ2v) is 5.43. The van der Waals surface area contributed by atoms with Gasteiger partial charge in [0.15, 0.2) is 11.6 Å². The minimum atomic E-state index is -0.409. The molecule has 0 aromatic heterocycles. The van der Waals surface area contributed by atoms with E-state index in [2.05, 4.69) is 0 Å². The molecule has 1 fully saturated rings. The van der Waals surface area contributed by atoms with Crippen LogP contribution in [-0.4, -0.2) is 31.0 Å². The van der Waals surface area contributed by atoms with Gasteiger partial charge in [-0.05, 0) is 37.0 Å². The summed E-state index contributed by atoms with van der Waals surface area (Å²) in [7, 11) is 3.17. The first-order valence-corrected chi connectivity index (χ1v) is 6.84. The van der Waals surface area contributed by atoms with E-state index in [0.29, 0.717) is 6.54 Å². The van der Waals surface area contributed by atoms with Crippen molar-refractivity contribution < 1.29 is 13.9 Å². The van der Waals surface area contributed by atoms with E-state index in [1.54, 1.807) is 24.1 Å². The summed E-state index contributed by atoms with van der Waals surface area (Å²) in [5.41, 5.74) is 6.58. The number of benzene rings is 1. The predicted molar refractivity (Wildman–Crippen MR) is 74.7 cm³/mol. The Hall–Kier alpha value is -1.62. The highest BCUT2D eigenvalue weighted by atomic mass is 19.1. The summed E-state index contributed by atoms with van der Waals surface area (Å²) >= 11 is 0. The standard InChI is InChI=1S/C15H21FN2O2/c1-18(15(19)11-4-5-12(17)8-11)9-10-3-6-14(20-2)13(16)7-10/h3,6-7,11-12H,4-5,8-9,17H2,1-2H3/t11-,12+/m0/s1. The highest BCUT2D eigenvalue weighted by molar-refractivity contribution is 5.79. The van der Waals surface area contributed by atoms with Gasteiger partial charge in [-0.3, -0.25) is 4.79 Å². The Morgan fingerprint density at radius 2 is 2.25 bits per heavy atom. The molecule has 5 heteroatoms. The molecule has 20 heavy (non-hydrogen) atoms. The molecule has 0 bridgehead atoms. The zero-order chi connectivity index (χ0) is 14.7. The van der Waals surface area contributed by atoms with Gasteiger partial charge in [-0.25, -0.2) is 4.39 Å². The Kier molecular flexibility index (Phi) is 4.60. The normalized spacial score (nSPS) is 21.8. The van der Waals surface area contributed by atoms with Gasteiger partial charge >= 0.3 is 0 Å². The molecule has 1 aliphatic carbocycles. The molecule has 110 valence electrons. The Morgan fingerprint density at radius 3 is 2.80 bits per heavy atom. The van der Waals surface area contributed by atoms with E-state index >= 15 is 0 Å². The summed E-state index contributed by atoms with van der Waals surface area (Å²) in [5.74, 6) is -0.0921. The highest BCUT2D eigenvalue weighted by Gasteiger charge is 2.29. The number of halogens is 1. The van der Waals surface area contributed by atoms with Crippen LogP contribution < -0.4 is 10.5 Å². The third-order valence-electron chi connectivity index (χ3n) is 3.83. The van der Waals surface area contributed by atoms with Crippen LogP contribution in [-0.2, 0) is 11.3 Å². The van der Waals surface area contributed by atoms with E-state index in [-0.39, 0.29) is 23.6 Å². The fraction of sp³-hybridized carbons (Fsp3) is 0.533. The molecule has 2 rings (SSSR count). The Labute approximate surface area is 118 Å². The monoisotopic (exact) mass is 280 g/mol. The molecule has 2 atom stereocenters. The van der Waals surface area contributed by atoms with E-state index in [0.717, 1.165) is 24.8 Å². The smallest absolute Gasteiger partial charge is 0.225 e. The first-order valence-electron chi connectivity index (χ1n) is 6.84. The maximum Gasteiger partial charge on any atom is 0.225 e. The van der Waals surface area contributed by atoms with Gasteiger partial charge in [0.1, 0.15) is 0 Å². The van der Waals surface area contributed by atoms with Crippen molar-refractivity contribution in [1.29, 1.82) is 0 Å². The first-order chi connectivity index (χ1) is 9.51. The summed E-state index contributed by atoms with van der Waals surface area (Å²) in [6.45, 7) is 0.394. The van der Waals surface area contributed by atoms with Crippen LogP contribution in [0, 0.1) is 11.7 Å². The van der Waals surface area contributed by atoms with Crippen LogP contribution in [0.15, 0.2) is 18.2 Å². The number of carbonyl (C=O) groups is 1. The van der Waals surface area contributed by atoms with Gasteiger partial charge in [-0.1, -0.05) is 6.07 Å². The molecule has 4 nitrogen and oxygen atoms in total. The van der Waals surface area contributed by atoms with Crippen LogP contribution in [0.1, 0.15) is 24.8 Å². The largest absolute Gasteiger partial charge is 0.494 e. The molecule has 0 radical (unpaired) electrons. The number of amides is 1. The molecule has 0 spiro atoms. The summed E-state index contributed by atoms with van der Waals surface area (Å²) in [5, 5.41) is 0. The molecule has 0 heterocycles. The van der Waals surface area contributed by atoms with Gasteiger partial charge in [0.05, 0.1) is 7.11 Å². The van der Waals surface area contributed by atoms with Crippen molar-refractivity contribution in [3.63, 3.8) is 0 Å². The van der Waals surface area contributed by atoms with E-state index in [4.69, 9.17) is 10.5 Å². The lowest BCUT2D eigenvalue weighted by atomic mass is 10.1. The van der Waals surface area contributed by atoms with Gasteiger partial charge in [0, 0.05) is 25.6 Å². The summed E-state index contributed by atoms with van der Waals surface area (Å²) in [6, 6.07) is 4.89. The number of rotatable bonds is 4. The molecule has 1 amide bonds. The van der Waals surface area contributed by atoms with E-state index in [1.165, 1.54) is 13.2 Å². The lowest BCUT2D eigenvalue weighted by Gasteiger charge is -2.21. The highest BCUT2D eigenvalue weighted by Crippen LogP contribution is 2.26. The van der Waals surface area contributed by atoms with Crippen LogP contribution in [0.25, 0.3) is 0 Å². The van der Waals surface area contributed by atoms with Crippen LogP contribution in [0.5, 0.6) is 5.75 Å². The van der Waals surface area contributed by atoms with Crippen molar-refractivity contribution in [2.45, 2.75) is 31.8 Å². The van der Waals surface area contributed by atoms with Crippen molar-refractivity contribution in [3.05, 3.63) is 29.6 Å². The Bertz CT molecular complexity index is 493. The van der Waals surface area contributed by atoms with Gasteiger partial charge < -0.3 is 15.4 Å². The van der Waals surface area contributed by atoms with E-state index in [9.17, 15) is 9.18 Å². The lowest BCUT2D eigenvalue weighted by molar-refractivity contribution is -0.134. The number of ether oxygens (including phenoxy) is 1. The SMILES string of the molecule is COc1ccc(CN(C)C(=O)[C@H]2CC[C@@H](N)C2)cc1F. The number of methoxy groups -OCH3 is 1. The molecule has 1 saturated carbocycles. The van der Waals surface area contributed by atoms with Crippen molar-refractivity contribution in [2.24, 2.45) is 11.7 Å². The third kappa shape index (κ3) is 3.28. The summed E-state index contributed by atoms with van der Waals surface area (Å²) < 4.78 is 18.5. The van der Waals surface area contributed by atoms with Crippen molar-refractivity contribution in [2.75, 3.05) is 14.2 Å². The Morgan fingerprint density at radius 1 is 1.50 bits per heavy atom. The molecular formula is C15H21FN2O2. The van der Waals surface area contributed by atoms with Gasteiger partial charge in [0.25, 0.3) is 0 Å². The molecule has 1 aliphatic rings. The fourth-order valence-electron chi connectivity index (χ4n) is 2.71. The van der Waals surface area contributed by atoms with Crippen molar-refractivity contribution >= 4 is 5.91 Å². The molecular weight excluding hydrogens is 259 g/mol. The van der Waals surface area contributed by atoms with Gasteiger partial charge in [-0.2, -0.15) is 0 Å². The quantitative estimate of drug-likeness (QED) is 0.916. The van der Waals surface area contributed by atoms with Crippen LogP contribution >= 0.6 is 0 Å². The first kappa shape index (κ1) is 14.8. The van der Waals surface area contributed by atoms with Crippen molar-refractivity contribution in [3.8, 4) is 5.75 Å². The minimum Gasteiger partial charge on any atom is -0.494 e. The van der Waals surface area contributed by atoms with Gasteiger partial charge in [0.2, 0.25) is 5.91 Å². The van der Waals surface area contributed by atoms with E-state index in [1.807, 2.05) is 0 Å². The zero-order valence-corrected chi connectivity index (χ0v) is 11.9. The molecule has 1 aromatic rings. The second kappa shape index (κ2) is 6.22. The number of nitrogens with zero attached hydrogens (tertiary/aromatic N) is 1. The van der Waals surface area contributed by atoms with Crippen molar-refractivity contribution in [1.82, 2.24) is 4.90 Å². The fourth-order valence-corrected chi connectivity index (χ4v) is 2.71. The lowest BCUT2D eigenvalue weighted by Crippen LogP contribution is -2.32. The molecule has 1 aromatic carbocycles. The second-order valence-electron chi connectivity index (χ2n) is 5.43. The van der Waals surface area contributed by atoms with Gasteiger partial charge in [-0.15, -0.1) is 0 Å². The van der Waals surface area contributed by atoms with Crippen LogP contribution in [0.3, 0.4) is 0 Å². The average molecular weight is 280 g/mol. The number of hydrogen-bond donors (Lipinski definition) is 1. The maximum atomic E-state index is 13.6. The Balaban J connectivity index is 1.98. The summed E-state index contributed by atoms with van der Waals surface area (Å²) in [6.07, 6.45) is 2.50.